The molecule has 0 radical (unpaired) electrons. The van der Waals surface area contributed by atoms with Gasteiger partial charge in [0.05, 0.1) is 12.1 Å². The topological polar surface area (TPSA) is 62.7 Å². The van der Waals surface area contributed by atoms with Gasteiger partial charge in [0.2, 0.25) is 0 Å². The minimum absolute atomic E-state index is 0.0594. The van der Waals surface area contributed by atoms with Crippen molar-refractivity contribution in [1.29, 1.82) is 0 Å². The van der Waals surface area contributed by atoms with E-state index in [2.05, 4.69) is 15.6 Å². The van der Waals surface area contributed by atoms with Crippen LogP contribution >= 0.6 is 0 Å². The molecular formula is C17H24F3N3O2. The van der Waals surface area contributed by atoms with Gasteiger partial charge in [0.1, 0.15) is 12.1 Å². The van der Waals surface area contributed by atoms with Crippen LogP contribution in [0.15, 0.2) is 29.3 Å². The number of halogens is 3. The quantitative estimate of drug-likeness (QED) is 0.482. The Morgan fingerprint density at radius 2 is 1.72 bits per heavy atom. The van der Waals surface area contributed by atoms with Crippen LogP contribution in [0, 0.1) is 0 Å². The smallest absolute Gasteiger partial charge is 0.416 e. The van der Waals surface area contributed by atoms with Gasteiger partial charge in [0.25, 0.3) is 0 Å². The third-order valence-electron chi connectivity index (χ3n) is 2.87. The third kappa shape index (κ3) is 8.42. The molecule has 0 bridgehead atoms. The molecule has 0 fully saturated rings. The molecule has 0 spiro atoms. The van der Waals surface area contributed by atoms with E-state index in [-0.39, 0.29) is 13.1 Å². The van der Waals surface area contributed by atoms with E-state index >= 15 is 0 Å². The molecular weight excluding hydrogens is 335 g/mol. The molecule has 140 valence electrons. The van der Waals surface area contributed by atoms with Crippen LogP contribution in [-0.4, -0.2) is 30.6 Å². The van der Waals surface area contributed by atoms with E-state index in [0.717, 1.165) is 12.1 Å². The average molecular weight is 359 g/mol. The molecule has 0 saturated carbocycles. The predicted molar refractivity (Wildman–Crippen MR) is 90.1 cm³/mol. The number of carbonyl (C=O) groups is 1. The largest absolute Gasteiger partial charge is 0.459 e. The second kappa shape index (κ2) is 8.73. The molecule has 0 aliphatic carbocycles. The number of ether oxygens (including phenoxy) is 1. The number of nitrogens with zero attached hydrogens (tertiary/aromatic N) is 1. The van der Waals surface area contributed by atoms with Gasteiger partial charge in [-0.05, 0) is 45.4 Å². The molecule has 0 aromatic heterocycles. The van der Waals surface area contributed by atoms with Crippen molar-refractivity contribution >= 4 is 11.9 Å². The lowest BCUT2D eigenvalue weighted by Gasteiger charge is -2.20. The number of aliphatic imine (C=N–C) groups is 1. The van der Waals surface area contributed by atoms with Crippen LogP contribution in [0.25, 0.3) is 0 Å². The number of esters is 1. The number of hydrogen-bond donors (Lipinski definition) is 2. The molecule has 1 aromatic rings. The Balaban J connectivity index is 2.64. The lowest BCUT2D eigenvalue weighted by molar-refractivity contribution is -0.153. The van der Waals surface area contributed by atoms with Crippen molar-refractivity contribution in [3.05, 3.63) is 35.4 Å². The second-order valence-electron chi connectivity index (χ2n) is 6.33. The molecule has 0 amide bonds. The summed E-state index contributed by atoms with van der Waals surface area (Å²) in [6, 6.07) is 4.80. The molecule has 1 aromatic carbocycles. The maximum Gasteiger partial charge on any atom is 0.416 e. The summed E-state index contributed by atoms with van der Waals surface area (Å²) in [4.78, 5) is 15.9. The second-order valence-corrected chi connectivity index (χ2v) is 6.33. The van der Waals surface area contributed by atoms with Gasteiger partial charge in [-0.1, -0.05) is 12.1 Å². The summed E-state index contributed by atoms with van der Waals surface area (Å²) < 4.78 is 42.8. The van der Waals surface area contributed by atoms with Gasteiger partial charge in [-0.15, -0.1) is 0 Å². The molecule has 5 nitrogen and oxygen atoms in total. The molecule has 1 rings (SSSR count). The Morgan fingerprint density at radius 1 is 1.12 bits per heavy atom. The Bertz CT molecular complexity index is 591. The van der Waals surface area contributed by atoms with Crippen molar-refractivity contribution in [3.63, 3.8) is 0 Å². The first kappa shape index (κ1) is 20.8. The van der Waals surface area contributed by atoms with Crippen molar-refractivity contribution in [3.8, 4) is 0 Å². The summed E-state index contributed by atoms with van der Waals surface area (Å²) in [7, 11) is 0. The van der Waals surface area contributed by atoms with Gasteiger partial charge < -0.3 is 15.4 Å². The number of rotatable bonds is 5. The molecule has 0 atom stereocenters. The van der Waals surface area contributed by atoms with E-state index in [4.69, 9.17) is 4.74 Å². The Labute approximate surface area is 145 Å². The molecule has 8 heteroatoms. The van der Waals surface area contributed by atoms with Crippen molar-refractivity contribution in [2.24, 2.45) is 4.99 Å². The first-order valence-electron chi connectivity index (χ1n) is 7.91. The van der Waals surface area contributed by atoms with Gasteiger partial charge >= 0.3 is 12.1 Å². The van der Waals surface area contributed by atoms with Gasteiger partial charge in [-0.3, -0.25) is 4.79 Å². The van der Waals surface area contributed by atoms with Crippen molar-refractivity contribution in [1.82, 2.24) is 10.6 Å². The minimum Gasteiger partial charge on any atom is -0.459 e. The maximum atomic E-state index is 12.5. The SMILES string of the molecule is CCNC(=NCc1ccc(C(F)(F)F)cc1)NCC(=O)OC(C)(C)C. The van der Waals surface area contributed by atoms with E-state index in [1.807, 2.05) is 6.92 Å². The zero-order chi connectivity index (χ0) is 19.1. The van der Waals surface area contributed by atoms with E-state index < -0.39 is 23.3 Å². The summed E-state index contributed by atoms with van der Waals surface area (Å²) in [5.41, 5.74) is -0.647. The van der Waals surface area contributed by atoms with Crippen LogP contribution < -0.4 is 10.6 Å². The first-order valence-corrected chi connectivity index (χ1v) is 7.91. The Morgan fingerprint density at radius 3 is 2.20 bits per heavy atom. The van der Waals surface area contributed by atoms with Crippen LogP contribution in [0.1, 0.15) is 38.8 Å². The Kier molecular flexibility index (Phi) is 7.26. The van der Waals surface area contributed by atoms with Crippen LogP contribution in [0.3, 0.4) is 0 Å². The van der Waals surface area contributed by atoms with E-state index in [1.54, 1.807) is 20.8 Å². The molecule has 0 saturated heterocycles. The highest BCUT2D eigenvalue weighted by Gasteiger charge is 2.29. The average Bonchev–Trinajstić information content (AvgIpc) is 2.48. The molecule has 25 heavy (non-hydrogen) atoms. The fourth-order valence-corrected chi connectivity index (χ4v) is 1.84. The van der Waals surface area contributed by atoms with Gasteiger partial charge in [-0.25, -0.2) is 4.99 Å². The summed E-state index contributed by atoms with van der Waals surface area (Å²) in [6.45, 7) is 7.88. The lowest BCUT2D eigenvalue weighted by atomic mass is 10.1. The zero-order valence-electron chi connectivity index (χ0n) is 14.8. The van der Waals surface area contributed by atoms with Crippen LogP contribution in [-0.2, 0) is 22.3 Å². The van der Waals surface area contributed by atoms with Crippen LogP contribution in [0.5, 0.6) is 0 Å². The maximum absolute atomic E-state index is 12.5. The molecule has 0 heterocycles. The normalized spacial score (nSPS) is 12.7. The van der Waals surface area contributed by atoms with Crippen molar-refractivity contribution in [2.45, 2.75) is 46.0 Å². The molecule has 0 aliphatic rings. The lowest BCUT2D eigenvalue weighted by Crippen LogP contribution is -2.41. The van der Waals surface area contributed by atoms with Gasteiger partial charge in [0, 0.05) is 6.54 Å². The molecule has 0 aliphatic heterocycles. The van der Waals surface area contributed by atoms with E-state index in [9.17, 15) is 18.0 Å². The van der Waals surface area contributed by atoms with E-state index in [0.29, 0.717) is 18.1 Å². The van der Waals surface area contributed by atoms with Crippen LogP contribution in [0.4, 0.5) is 13.2 Å². The summed E-state index contributed by atoms with van der Waals surface area (Å²) in [5.74, 6) is -0.0408. The molecule has 2 N–H and O–H groups in total. The summed E-state index contributed by atoms with van der Waals surface area (Å²) in [6.07, 6.45) is -4.36. The zero-order valence-corrected chi connectivity index (χ0v) is 14.8. The van der Waals surface area contributed by atoms with Crippen LogP contribution in [0.2, 0.25) is 0 Å². The monoisotopic (exact) mass is 359 g/mol. The first-order chi connectivity index (χ1) is 11.5. The number of benzene rings is 1. The highest BCUT2D eigenvalue weighted by Crippen LogP contribution is 2.29. The number of nitrogens with one attached hydrogen (secondary N) is 2. The summed E-state index contributed by atoms with van der Waals surface area (Å²) >= 11 is 0. The standard InChI is InChI=1S/C17H24F3N3O2/c1-5-21-15(23-11-14(24)25-16(2,3)4)22-10-12-6-8-13(9-7-12)17(18,19)20/h6-9H,5,10-11H2,1-4H3,(H2,21,22,23). The number of carbonyl (C=O) groups excluding carboxylic acids is 1. The minimum atomic E-state index is -4.36. The Hall–Kier alpha value is -2.25. The highest BCUT2D eigenvalue weighted by atomic mass is 19.4. The third-order valence-corrected chi connectivity index (χ3v) is 2.87. The number of alkyl halides is 3. The molecule has 0 unspecified atom stereocenters. The fraction of sp³-hybridized carbons (Fsp3) is 0.529. The van der Waals surface area contributed by atoms with Crippen molar-refractivity contribution in [2.75, 3.05) is 13.1 Å². The fourth-order valence-electron chi connectivity index (χ4n) is 1.84. The van der Waals surface area contributed by atoms with Gasteiger partial charge in [-0.2, -0.15) is 13.2 Å². The highest BCUT2D eigenvalue weighted by molar-refractivity contribution is 5.84. The van der Waals surface area contributed by atoms with Crippen molar-refractivity contribution < 1.29 is 22.7 Å². The van der Waals surface area contributed by atoms with Gasteiger partial charge in [0.15, 0.2) is 5.96 Å². The number of hydrogen-bond acceptors (Lipinski definition) is 3. The summed E-state index contributed by atoms with van der Waals surface area (Å²) in [5, 5.41) is 5.79. The number of guanidine groups is 1. The van der Waals surface area contributed by atoms with E-state index in [1.165, 1.54) is 12.1 Å². The predicted octanol–water partition coefficient (Wildman–Crippen LogP) is 3.10.